The quantitative estimate of drug-likeness (QED) is 0.745. The van der Waals surface area contributed by atoms with E-state index in [1.165, 1.54) is 16.8 Å². The molecule has 78 valence electrons. The summed E-state index contributed by atoms with van der Waals surface area (Å²) in [6.07, 6.45) is 0. The number of aromatic hydroxyl groups is 1. The number of phenols is 1. The molecule has 0 saturated heterocycles. The zero-order chi connectivity index (χ0) is 11.0. The number of aromatic nitrogens is 2. The van der Waals surface area contributed by atoms with E-state index in [-0.39, 0.29) is 5.75 Å². The molecule has 0 aliphatic carbocycles. The minimum Gasteiger partial charge on any atom is -0.505 e. The first-order chi connectivity index (χ1) is 7.08. The highest BCUT2D eigenvalue weighted by molar-refractivity contribution is 5.63. The largest absolute Gasteiger partial charge is 0.505 e. The van der Waals surface area contributed by atoms with Gasteiger partial charge in [0, 0.05) is 18.7 Å². The van der Waals surface area contributed by atoms with Crippen LogP contribution in [0.5, 0.6) is 5.75 Å². The number of hydrogen-bond donors (Lipinski definition) is 2. The molecule has 0 unspecified atom stereocenters. The molecule has 0 amide bonds. The molecular weight excluding hydrogens is 197 g/mol. The van der Waals surface area contributed by atoms with E-state index in [1.54, 1.807) is 19.2 Å². The Hall–Kier alpha value is -2.04. The standard InChI is InChI=1S/C10H10FN3O/c1-14-10(12)5-8(13-14)6-2-3-9(15)7(11)4-6/h2-5,15H,12H2,1H3. The lowest BCUT2D eigenvalue weighted by Crippen LogP contribution is -1.96. The Bertz CT molecular complexity index is 488. The number of nitrogens with zero attached hydrogens (tertiary/aromatic N) is 2. The number of benzene rings is 1. The average Bonchev–Trinajstić information content (AvgIpc) is 2.52. The second-order valence-electron chi connectivity index (χ2n) is 3.24. The first-order valence-corrected chi connectivity index (χ1v) is 4.36. The summed E-state index contributed by atoms with van der Waals surface area (Å²) in [4.78, 5) is 0. The van der Waals surface area contributed by atoms with Gasteiger partial charge < -0.3 is 10.8 Å². The summed E-state index contributed by atoms with van der Waals surface area (Å²) in [6.45, 7) is 0. The van der Waals surface area contributed by atoms with Crippen LogP contribution in [0.2, 0.25) is 0 Å². The molecule has 0 radical (unpaired) electrons. The molecule has 15 heavy (non-hydrogen) atoms. The lowest BCUT2D eigenvalue weighted by atomic mass is 10.1. The van der Waals surface area contributed by atoms with E-state index in [4.69, 9.17) is 10.8 Å². The SMILES string of the molecule is Cn1nc(-c2ccc(O)c(F)c2)cc1N. The van der Waals surface area contributed by atoms with E-state index in [0.29, 0.717) is 17.1 Å². The monoisotopic (exact) mass is 207 g/mol. The van der Waals surface area contributed by atoms with Gasteiger partial charge in [-0.05, 0) is 18.2 Å². The van der Waals surface area contributed by atoms with Crippen LogP contribution in [0.1, 0.15) is 0 Å². The Kier molecular flexibility index (Phi) is 2.07. The van der Waals surface area contributed by atoms with Crippen LogP contribution in [0.3, 0.4) is 0 Å². The number of phenolic OH excluding ortho intramolecular Hbond substituents is 1. The maximum absolute atomic E-state index is 13.1. The second kappa shape index (κ2) is 3.27. The lowest BCUT2D eigenvalue weighted by Gasteiger charge is -1.98. The zero-order valence-corrected chi connectivity index (χ0v) is 8.11. The number of halogens is 1. The summed E-state index contributed by atoms with van der Waals surface area (Å²) in [5.74, 6) is -0.544. The van der Waals surface area contributed by atoms with E-state index in [2.05, 4.69) is 5.10 Å². The molecule has 1 heterocycles. The number of rotatable bonds is 1. The Balaban J connectivity index is 2.49. The van der Waals surface area contributed by atoms with Crippen molar-refractivity contribution in [2.45, 2.75) is 0 Å². The third-order valence-corrected chi connectivity index (χ3v) is 2.16. The molecule has 2 aromatic rings. The summed E-state index contributed by atoms with van der Waals surface area (Å²) in [5.41, 5.74) is 6.76. The molecule has 2 rings (SSSR count). The number of anilines is 1. The summed E-state index contributed by atoms with van der Waals surface area (Å²) < 4.78 is 14.6. The van der Waals surface area contributed by atoms with Crippen LogP contribution in [-0.4, -0.2) is 14.9 Å². The van der Waals surface area contributed by atoms with Gasteiger partial charge >= 0.3 is 0 Å². The highest BCUT2D eigenvalue weighted by atomic mass is 19.1. The number of nitrogen functional groups attached to an aromatic ring is 1. The van der Waals surface area contributed by atoms with Crippen molar-refractivity contribution in [2.24, 2.45) is 7.05 Å². The average molecular weight is 207 g/mol. The van der Waals surface area contributed by atoms with Gasteiger partial charge in [-0.15, -0.1) is 0 Å². The molecule has 1 aromatic heterocycles. The zero-order valence-electron chi connectivity index (χ0n) is 8.11. The molecule has 4 nitrogen and oxygen atoms in total. The summed E-state index contributed by atoms with van der Waals surface area (Å²) in [5, 5.41) is 13.1. The van der Waals surface area contributed by atoms with Gasteiger partial charge in [-0.25, -0.2) is 4.39 Å². The van der Waals surface area contributed by atoms with Crippen molar-refractivity contribution in [3.8, 4) is 17.0 Å². The van der Waals surface area contributed by atoms with Gasteiger partial charge in [0.15, 0.2) is 11.6 Å². The first kappa shape index (κ1) is 9.51. The van der Waals surface area contributed by atoms with E-state index >= 15 is 0 Å². The van der Waals surface area contributed by atoms with Crippen molar-refractivity contribution in [1.29, 1.82) is 0 Å². The molecule has 0 spiro atoms. The van der Waals surface area contributed by atoms with Crippen molar-refractivity contribution in [3.63, 3.8) is 0 Å². The molecule has 0 aliphatic rings. The fourth-order valence-electron chi connectivity index (χ4n) is 1.29. The van der Waals surface area contributed by atoms with Crippen LogP contribution in [-0.2, 0) is 7.05 Å². The van der Waals surface area contributed by atoms with Crippen LogP contribution in [0.4, 0.5) is 10.2 Å². The summed E-state index contributed by atoms with van der Waals surface area (Å²) in [6, 6.07) is 5.73. The molecule has 0 atom stereocenters. The number of nitrogens with two attached hydrogens (primary N) is 1. The third-order valence-electron chi connectivity index (χ3n) is 2.16. The van der Waals surface area contributed by atoms with Crippen molar-refractivity contribution in [2.75, 3.05) is 5.73 Å². The van der Waals surface area contributed by atoms with Crippen molar-refractivity contribution < 1.29 is 9.50 Å². The van der Waals surface area contributed by atoms with Crippen LogP contribution < -0.4 is 5.73 Å². The highest BCUT2D eigenvalue weighted by Gasteiger charge is 2.07. The van der Waals surface area contributed by atoms with E-state index in [0.717, 1.165) is 0 Å². The van der Waals surface area contributed by atoms with E-state index in [1.807, 2.05) is 0 Å². The Morgan fingerprint density at radius 3 is 2.67 bits per heavy atom. The van der Waals surface area contributed by atoms with Crippen LogP contribution in [0.25, 0.3) is 11.3 Å². The smallest absolute Gasteiger partial charge is 0.165 e. The maximum Gasteiger partial charge on any atom is 0.165 e. The molecule has 0 bridgehead atoms. The predicted octanol–water partition coefficient (Wildman–Crippen LogP) is 1.51. The molecule has 0 saturated carbocycles. The van der Waals surface area contributed by atoms with Gasteiger partial charge in [0.25, 0.3) is 0 Å². The highest BCUT2D eigenvalue weighted by Crippen LogP contribution is 2.24. The van der Waals surface area contributed by atoms with Gasteiger partial charge in [-0.1, -0.05) is 0 Å². The third kappa shape index (κ3) is 1.63. The first-order valence-electron chi connectivity index (χ1n) is 4.36. The normalized spacial score (nSPS) is 10.5. The molecule has 1 aromatic carbocycles. The van der Waals surface area contributed by atoms with Gasteiger partial charge in [0.1, 0.15) is 5.82 Å². The van der Waals surface area contributed by atoms with Crippen molar-refractivity contribution in [1.82, 2.24) is 9.78 Å². The van der Waals surface area contributed by atoms with Crippen molar-refractivity contribution >= 4 is 5.82 Å². The van der Waals surface area contributed by atoms with Gasteiger partial charge in [-0.2, -0.15) is 5.10 Å². The number of hydrogen-bond acceptors (Lipinski definition) is 3. The molecule has 5 heteroatoms. The second-order valence-corrected chi connectivity index (χ2v) is 3.24. The van der Waals surface area contributed by atoms with Crippen LogP contribution >= 0.6 is 0 Å². The predicted molar refractivity (Wildman–Crippen MR) is 54.7 cm³/mol. The van der Waals surface area contributed by atoms with Gasteiger partial charge in [0.2, 0.25) is 0 Å². The van der Waals surface area contributed by atoms with Crippen LogP contribution in [0.15, 0.2) is 24.3 Å². The van der Waals surface area contributed by atoms with Gasteiger partial charge in [-0.3, -0.25) is 4.68 Å². The number of aryl methyl sites for hydroxylation is 1. The van der Waals surface area contributed by atoms with Crippen LogP contribution in [0, 0.1) is 5.82 Å². The van der Waals surface area contributed by atoms with Gasteiger partial charge in [0.05, 0.1) is 5.69 Å². The molecule has 3 N–H and O–H groups in total. The fraction of sp³-hybridized carbons (Fsp3) is 0.100. The minimum atomic E-state index is -0.670. The summed E-state index contributed by atoms with van der Waals surface area (Å²) >= 11 is 0. The Labute approximate surface area is 85.8 Å². The minimum absolute atomic E-state index is 0.373. The van der Waals surface area contributed by atoms with E-state index in [9.17, 15) is 4.39 Å². The van der Waals surface area contributed by atoms with E-state index < -0.39 is 5.82 Å². The lowest BCUT2D eigenvalue weighted by molar-refractivity contribution is 0.432. The Morgan fingerprint density at radius 1 is 1.40 bits per heavy atom. The maximum atomic E-state index is 13.1. The fourth-order valence-corrected chi connectivity index (χ4v) is 1.29. The molecule has 0 fully saturated rings. The van der Waals surface area contributed by atoms with Crippen molar-refractivity contribution in [3.05, 3.63) is 30.1 Å². The molecule has 0 aliphatic heterocycles. The molecular formula is C10H10FN3O. The topological polar surface area (TPSA) is 64.1 Å². The Morgan fingerprint density at radius 2 is 2.13 bits per heavy atom. The summed E-state index contributed by atoms with van der Waals surface area (Å²) in [7, 11) is 1.70.